The van der Waals surface area contributed by atoms with Gasteiger partial charge in [0.05, 0.1) is 5.25 Å². The van der Waals surface area contributed by atoms with Crippen LogP contribution in [0.4, 0.5) is 5.69 Å². The largest absolute Gasteiger partial charge is 0.325 e. The summed E-state index contributed by atoms with van der Waals surface area (Å²) in [4.78, 5) is 23.8. The minimum absolute atomic E-state index is 0.00877. The van der Waals surface area contributed by atoms with E-state index in [1.54, 1.807) is 17.7 Å². The first-order chi connectivity index (χ1) is 12.0. The second-order valence-corrected chi connectivity index (χ2v) is 8.41. The Hall–Kier alpha value is -1.92. The van der Waals surface area contributed by atoms with Crippen LogP contribution in [0.1, 0.15) is 29.3 Å². The average molecular weight is 372 g/mol. The molecule has 4 nitrogen and oxygen atoms in total. The lowest BCUT2D eigenvalue weighted by Gasteiger charge is -2.15. The summed E-state index contributed by atoms with van der Waals surface area (Å²) in [6.45, 7) is 8.23. The van der Waals surface area contributed by atoms with Crippen LogP contribution >= 0.6 is 23.1 Å². The van der Waals surface area contributed by atoms with Crippen LogP contribution in [-0.2, 0) is 4.79 Å². The molecule has 3 rings (SSSR count). The Morgan fingerprint density at radius 3 is 2.80 bits per heavy atom. The van der Waals surface area contributed by atoms with Crippen LogP contribution in [0.2, 0.25) is 0 Å². The zero-order chi connectivity index (χ0) is 18.0. The Kier molecular flexibility index (Phi) is 5.39. The third-order valence-corrected chi connectivity index (χ3v) is 6.61. The molecule has 0 bridgehead atoms. The molecular weight excluding hydrogens is 350 g/mol. The number of benzene rings is 1. The van der Waals surface area contributed by atoms with Gasteiger partial charge < -0.3 is 5.32 Å². The van der Waals surface area contributed by atoms with E-state index >= 15 is 0 Å². The van der Waals surface area contributed by atoms with Gasteiger partial charge in [-0.25, -0.2) is 9.97 Å². The zero-order valence-electron chi connectivity index (χ0n) is 14.8. The quantitative estimate of drug-likeness (QED) is 0.499. The molecule has 25 heavy (non-hydrogen) atoms. The summed E-state index contributed by atoms with van der Waals surface area (Å²) in [6, 6.07) is 7.85. The van der Waals surface area contributed by atoms with Crippen LogP contribution in [0.15, 0.2) is 35.6 Å². The second kappa shape index (κ2) is 7.54. The summed E-state index contributed by atoms with van der Waals surface area (Å²) in [7, 11) is 0. The van der Waals surface area contributed by atoms with Crippen molar-refractivity contribution in [1.82, 2.24) is 9.97 Å². The molecule has 2 heterocycles. The van der Waals surface area contributed by atoms with Crippen molar-refractivity contribution in [3.8, 4) is 0 Å². The molecule has 6 heteroatoms. The van der Waals surface area contributed by atoms with Gasteiger partial charge in [0.15, 0.2) is 0 Å². The summed E-state index contributed by atoms with van der Waals surface area (Å²) in [5.41, 5.74) is 3.16. The molecular formula is C19H21N3OS2. The number of hydrogen-bond donors (Lipinski definition) is 1. The molecule has 1 aromatic carbocycles. The molecule has 1 amide bonds. The van der Waals surface area contributed by atoms with Crippen molar-refractivity contribution >= 4 is 44.9 Å². The van der Waals surface area contributed by atoms with Crippen LogP contribution in [0.5, 0.6) is 0 Å². The summed E-state index contributed by atoms with van der Waals surface area (Å²) in [5, 5.41) is 4.79. The van der Waals surface area contributed by atoms with Gasteiger partial charge in [-0.05, 0) is 50.5 Å². The molecule has 1 unspecified atom stereocenters. The molecule has 0 aliphatic carbocycles. The van der Waals surface area contributed by atoms with E-state index in [-0.39, 0.29) is 11.2 Å². The van der Waals surface area contributed by atoms with E-state index in [1.807, 2.05) is 38.1 Å². The normalized spacial score (nSPS) is 12.3. The third kappa shape index (κ3) is 3.85. The maximum Gasteiger partial charge on any atom is 0.237 e. The molecule has 130 valence electrons. The second-order valence-electron chi connectivity index (χ2n) is 6.02. The minimum Gasteiger partial charge on any atom is -0.325 e. The topological polar surface area (TPSA) is 54.9 Å². The average Bonchev–Trinajstić information content (AvgIpc) is 2.87. The highest BCUT2D eigenvalue weighted by Gasteiger charge is 2.22. The van der Waals surface area contributed by atoms with Crippen molar-refractivity contribution in [3.05, 3.63) is 46.6 Å². The number of fused-ring (bicyclic) bond motifs is 1. The SMILES string of the molecule is CCC(Sc1ncnc2sc(C)c(C)c12)C(=O)Nc1cccc(C)c1. The Morgan fingerprint density at radius 1 is 1.28 bits per heavy atom. The first-order valence-electron chi connectivity index (χ1n) is 8.24. The maximum atomic E-state index is 12.7. The van der Waals surface area contributed by atoms with Gasteiger partial charge in [0.1, 0.15) is 16.2 Å². The van der Waals surface area contributed by atoms with E-state index in [9.17, 15) is 4.79 Å². The molecule has 2 aromatic heterocycles. The lowest BCUT2D eigenvalue weighted by Crippen LogP contribution is -2.24. The number of hydrogen-bond acceptors (Lipinski definition) is 5. The van der Waals surface area contributed by atoms with E-state index in [1.165, 1.54) is 22.2 Å². The van der Waals surface area contributed by atoms with Gasteiger partial charge in [-0.3, -0.25) is 4.79 Å². The number of aromatic nitrogens is 2. The standard InChI is InChI=1S/C19H21N3OS2/c1-5-15(17(23)22-14-8-6-7-11(2)9-14)25-19-16-12(3)13(4)24-18(16)20-10-21-19/h6-10,15H,5H2,1-4H3,(H,22,23). The smallest absolute Gasteiger partial charge is 0.237 e. The van der Waals surface area contributed by atoms with E-state index in [2.05, 4.69) is 29.1 Å². The van der Waals surface area contributed by atoms with Crippen LogP contribution in [0.25, 0.3) is 10.2 Å². The van der Waals surface area contributed by atoms with Gasteiger partial charge in [0, 0.05) is 16.0 Å². The molecule has 0 aliphatic heterocycles. The van der Waals surface area contributed by atoms with E-state index in [4.69, 9.17) is 0 Å². The monoisotopic (exact) mass is 371 g/mol. The fourth-order valence-corrected chi connectivity index (χ4v) is 4.78. The lowest BCUT2D eigenvalue weighted by molar-refractivity contribution is -0.115. The molecule has 1 N–H and O–H groups in total. The van der Waals surface area contributed by atoms with E-state index in [0.717, 1.165) is 32.9 Å². The van der Waals surface area contributed by atoms with E-state index in [0.29, 0.717) is 0 Å². The predicted octanol–water partition coefficient (Wildman–Crippen LogP) is 5.13. The summed E-state index contributed by atoms with van der Waals surface area (Å²) in [6.07, 6.45) is 2.32. The van der Waals surface area contributed by atoms with Crippen molar-refractivity contribution in [2.45, 2.75) is 44.4 Å². The van der Waals surface area contributed by atoms with Crippen molar-refractivity contribution in [2.24, 2.45) is 0 Å². The Labute approximate surface area is 156 Å². The number of thioether (sulfide) groups is 1. The van der Waals surface area contributed by atoms with Crippen molar-refractivity contribution < 1.29 is 4.79 Å². The molecule has 0 fully saturated rings. The molecule has 1 atom stereocenters. The molecule has 0 saturated carbocycles. The number of carbonyl (C=O) groups excluding carboxylic acids is 1. The van der Waals surface area contributed by atoms with Gasteiger partial charge in [-0.15, -0.1) is 11.3 Å². The number of amides is 1. The lowest BCUT2D eigenvalue weighted by atomic mass is 10.2. The van der Waals surface area contributed by atoms with Gasteiger partial charge in [0.2, 0.25) is 5.91 Å². The maximum absolute atomic E-state index is 12.7. The molecule has 0 spiro atoms. The highest BCUT2D eigenvalue weighted by atomic mass is 32.2. The summed E-state index contributed by atoms with van der Waals surface area (Å²) >= 11 is 3.20. The number of aryl methyl sites for hydroxylation is 3. The predicted molar refractivity (Wildman–Crippen MR) is 107 cm³/mol. The number of anilines is 1. The molecule has 0 aliphatic rings. The van der Waals surface area contributed by atoms with Crippen molar-refractivity contribution in [2.75, 3.05) is 5.32 Å². The summed E-state index contributed by atoms with van der Waals surface area (Å²) in [5.74, 6) is 0.00877. The first-order valence-corrected chi connectivity index (χ1v) is 9.94. The van der Waals surface area contributed by atoms with Crippen LogP contribution < -0.4 is 5.32 Å². The number of nitrogens with one attached hydrogen (secondary N) is 1. The Bertz CT molecular complexity index is 920. The van der Waals surface area contributed by atoms with Gasteiger partial charge >= 0.3 is 0 Å². The Balaban J connectivity index is 1.84. The first kappa shape index (κ1) is 17.9. The zero-order valence-corrected chi connectivity index (χ0v) is 16.4. The highest BCUT2D eigenvalue weighted by Crippen LogP contribution is 2.36. The van der Waals surface area contributed by atoms with Gasteiger partial charge in [-0.2, -0.15) is 0 Å². The van der Waals surface area contributed by atoms with Crippen molar-refractivity contribution in [3.63, 3.8) is 0 Å². The fraction of sp³-hybridized carbons (Fsp3) is 0.316. The third-order valence-electron chi connectivity index (χ3n) is 4.13. The minimum atomic E-state index is -0.196. The van der Waals surface area contributed by atoms with Crippen LogP contribution in [0.3, 0.4) is 0 Å². The highest BCUT2D eigenvalue weighted by molar-refractivity contribution is 8.00. The Morgan fingerprint density at radius 2 is 2.08 bits per heavy atom. The number of thiophene rings is 1. The molecule has 3 aromatic rings. The van der Waals surface area contributed by atoms with Gasteiger partial charge in [-0.1, -0.05) is 30.8 Å². The number of carbonyl (C=O) groups is 1. The number of rotatable bonds is 5. The van der Waals surface area contributed by atoms with E-state index < -0.39 is 0 Å². The van der Waals surface area contributed by atoms with Gasteiger partial charge in [0.25, 0.3) is 0 Å². The molecule has 0 radical (unpaired) electrons. The number of nitrogens with zero attached hydrogens (tertiary/aromatic N) is 2. The summed E-state index contributed by atoms with van der Waals surface area (Å²) < 4.78 is 0. The van der Waals surface area contributed by atoms with Crippen molar-refractivity contribution in [1.29, 1.82) is 0 Å². The molecule has 0 saturated heterocycles. The van der Waals surface area contributed by atoms with Crippen LogP contribution in [0, 0.1) is 20.8 Å². The van der Waals surface area contributed by atoms with Crippen LogP contribution in [-0.4, -0.2) is 21.1 Å². The fourth-order valence-electron chi connectivity index (χ4n) is 2.64.